The molecule has 0 saturated carbocycles. The van der Waals surface area contributed by atoms with Crippen molar-refractivity contribution in [2.24, 2.45) is 0 Å². The van der Waals surface area contributed by atoms with Crippen LogP contribution >= 0.6 is 0 Å². The van der Waals surface area contributed by atoms with Crippen molar-refractivity contribution < 1.29 is 8.83 Å². The summed E-state index contributed by atoms with van der Waals surface area (Å²) >= 11 is 0. The molecular weight excluding hydrogens is 838 g/mol. The maximum atomic E-state index is 6.93. The fourth-order valence-electron chi connectivity index (χ4n) is 13.7. The number of hydrogen-bond donors (Lipinski definition) is 0. The number of nitrogens with zero attached hydrogens (tertiary/aromatic N) is 2. The minimum Gasteiger partial charge on any atom is -0.456 e. The van der Waals surface area contributed by atoms with E-state index in [1.807, 2.05) is 0 Å². The lowest BCUT2D eigenvalue weighted by Gasteiger charge is -2.50. The molecule has 0 fully saturated rings. The van der Waals surface area contributed by atoms with Gasteiger partial charge in [-0.2, -0.15) is 0 Å². The summed E-state index contributed by atoms with van der Waals surface area (Å²) in [5.41, 5.74) is 27.6. The van der Waals surface area contributed by atoms with Crippen molar-refractivity contribution in [3.63, 3.8) is 0 Å². The molecule has 0 N–H and O–H groups in total. The molecule has 0 unspecified atom stereocenters. The molecule has 0 amide bonds. The average molecular weight is 885 g/mol. The first-order valence-electron chi connectivity index (χ1n) is 24.4. The molecule has 3 aliphatic rings. The molecule has 12 aromatic rings. The van der Waals surface area contributed by atoms with Crippen LogP contribution in [0.25, 0.3) is 65.4 Å². The van der Waals surface area contributed by atoms with Crippen molar-refractivity contribution in [1.29, 1.82) is 0 Å². The fourth-order valence-corrected chi connectivity index (χ4v) is 13.7. The Morgan fingerprint density at radius 3 is 1.28 bits per heavy atom. The Hall–Kier alpha value is -7.95. The second-order valence-corrected chi connectivity index (χ2v) is 20.4. The van der Waals surface area contributed by atoms with E-state index in [0.29, 0.717) is 0 Å². The van der Waals surface area contributed by atoms with Crippen LogP contribution in [0.5, 0.6) is 0 Å². The van der Waals surface area contributed by atoms with Gasteiger partial charge in [-0.1, -0.05) is 160 Å². The van der Waals surface area contributed by atoms with Gasteiger partial charge in [0, 0.05) is 10.8 Å². The zero-order chi connectivity index (χ0) is 46.3. The molecule has 2 aromatic heterocycles. The third-order valence-corrected chi connectivity index (χ3v) is 16.1. The van der Waals surface area contributed by atoms with Gasteiger partial charge < -0.3 is 18.6 Å². The molecule has 15 rings (SSSR count). The van der Waals surface area contributed by atoms with E-state index in [-0.39, 0.29) is 13.4 Å². The zero-order valence-corrected chi connectivity index (χ0v) is 39.8. The van der Waals surface area contributed by atoms with Crippen LogP contribution in [-0.2, 0) is 0 Å². The van der Waals surface area contributed by atoms with Crippen LogP contribution in [0, 0.1) is 48.5 Å². The zero-order valence-electron chi connectivity index (χ0n) is 39.8. The van der Waals surface area contributed by atoms with E-state index in [2.05, 4.69) is 210 Å². The first-order chi connectivity index (χ1) is 33.6. The summed E-state index contributed by atoms with van der Waals surface area (Å²) in [6.45, 7) is 15.7. The highest BCUT2D eigenvalue weighted by Crippen LogP contribution is 2.59. The molecule has 5 heterocycles. The van der Waals surface area contributed by atoms with E-state index in [9.17, 15) is 0 Å². The molecule has 69 heavy (non-hydrogen) atoms. The summed E-state index contributed by atoms with van der Waals surface area (Å²) in [6.07, 6.45) is 0. The molecule has 4 nitrogen and oxygen atoms in total. The largest absolute Gasteiger partial charge is 0.456 e. The first kappa shape index (κ1) is 39.1. The van der Waals surface area contributed by atoms with Gasteiger partial charge >= 0.3 is 0 Å². The van der Waals surface area contributed by atoms with Crippen molar-refractivity contribution in [3.05, 3.63) is 191 Å². The third kappa shape index (κ3) is 5.06. The van der Waals surface area contributed by atoms with E-state index >= 15 is 0 Å². The van der Waals surface area contributed by atoms with Crippen LogP contribution < -0.4 is 42.6 Å². The van der Waals surface area contributed by atoms with E-state index in [1.165, 1.54) is 127 Å². The maximum absolute atomic E-state index is 6.93. The van der Waals surface area contributed by atoms with Crippen LogP contribution in [0.1, 0.15) is 38.9 Å². The predicted octanol–water partition coefficient (Wildman–Crippen LogP) is 12.9. The Bertz CT molecular complexity index is 4280. The summed E-state index contributed by atoms with van der Waals surface area (Å²) in [7, 11) is 0. The minimum atomic E-state index is -0.0848. The quantitative estimate of drug-likeness (QED) is 0.162. The molecule has 3 aliphatic heterocycles. The maximum Gasteiger partial charge on any atom is 0.248 e. The van der Waals surface area contributed by atoms with Crippen LogP contribution in [0.3, 0.4) is 0 Å². The number of benzene rings is 10. The van der Waals surface area contributed by atoms with Gasteiger partial charge in [0.2, 0.25) is 13.4 Å². The van der Waals surface area contributed by atoms with E-state index in [4.69, 9.17) is 8.83 Å². The second-order valence-electron chi connectivity index (χ2n) is 20.4. The van der Waals surface area contributed by atoms with Crippen molar-refractivity contribution in [1.82, 2.24) is 0 Å². The lowest BCUT2D eigenvalue weighted by Crippen LogP contribution is -2.62. The van der Waals surface area contributed by atoms with Crippen LogP contribution in [0.4, 0.5) is 34.1 Å². The second kappa shape index (κ2) is 13.6. The number of anilines is 6. The standard InChI is InChI=1S/C63H46B2N2O2/c1-33-20-21-45-53(30-33)69-52-25-23-47-61(55(45)52)67-49-32-41-15-9-10-16-42(41)58-62(49)66(48-31-40-14-8-11-17-43(40)59(63(48)67)65(47)57-38(6)28-35(3)29-39(57)7)60-46(64(58)56-36(4)26-34(2)27-37(56)5)22-24-51-54(60)44-18-12-13-19-50(44)68-51/h8-32H,1-7H3. The van der Waals surface area contributed by atoms with Crippen LogP contribution in [0.15, 0.2) is 160 Å². The topological polar surface area (TPSA) is 32.8 Å². The van der Waals surface area contributed by atoms with Crippen molar-refractivity contribution in [2.75, 3.05) is 9.80 Å². The Morgan fingerprint density at radius 2 is 0.768 bits per heavy atom. The highest BCUT2D eigenvalue weighted by atomic mass is 16.3. The normalized spacial score (nSPS) is 13.6. The molecule has 0 saturated heterocycles. The average Bonchev–Trinajstić information content (AvgIpc) is 3.90. The lowest BCUT2D eigenvalue weighted by molar-refractivity contribution is 0.668. The van der Waals surface area contributed by atoms with Crippen molar-refractivity contribution in [2.45, 2.75) is 48.5 Å². The van der Waals surface area contributed by atoms with E-state index in [1.54, 1.807) is 0 Å². The number of rotatable bonds is 2. The van der Waals surface area contributed by atoms with Crippen LogP contribution in [-0.4, -0.2) is 13.4 Å². The summed E-state index contributed by atoms with van der Waals surface area (Å²) in [6, 6.07) is 57.3. The third-order valence-electron chi connectivity index (χ3n) is 16.1. The predicted molar refractivity (Wildman–Crippen MR) is 294 cm³/mol. The van der Waals surface area contributed by atoms with Gasteiger partial charge in [-0.05, 0) is 134 Å². The molecule has 10 aromatic carbocycles. The minimum absolute atomic E-state index is 0.0837. The van der Waals surface area contributed by atoms with Gasteiger partial charge in [0.25, 0.3) is 0 Å². The number of fused-ring (bicyclic) bond motifs is 18. The highest BCUT2D eigenvalue weighted by molar-refractivity contribution is 7.01. The Labute approximate surface area is 401 Å². The van der Waals surface area contributed by atoms with Gasteiger partial charge in [-0.3, -0.25) is 0 Å². The SMILES string of the molecule is Cc1cc(C)c(B2c3ccc4oc5ccccc5c4c3N3c4cc5ccccc5c5c4N(c4cc6ccccc6c2c43)c2c(ccc3oc4cc(C)ccc4c23)B5c2c(C)cc(C)cc2C)c(C)c1. The van der Waals surface area contributed by atoms with Gasteiger partial charge in [-0.25, -0.2) is 0 Å². The number of aryl methyl sites for hydroxylation is 7. The fraction of sp³-hybridized carbons (Fsp3) is 0.111. The smallest absolute Gasteiger partial charge is 0.248 e. The molecule has 0 aliphatic carbocycles. The highest BCUT2D eigenvalue weighted by Gasteiger charge is 2.50. The Balaban J connectivity index is 1.21. The van der Waals surface area contributed by atoms with Crippen LogP contribution in [0.2, 0.25) is 0 Å². The molecule has 0 bridgehead atoms. The molecule has 6 heteroatoms. The molecule has 0 spiro atoms. The molecule has 0 radical (unpaired) electrons. The monoisotopic (exact) mass is 884 g/mol. The van der Waals surface area contributed by atoms with Gasteiger partial charge in [0.1, 0.15) is 22.3 Å². The van der Waals surface area contributed by atoms with Crippen molar-refractivity contribution >= 4 is 146 Å². The van der Waals surface area contributed by atoms with E-state index in [0.717, 1.165) is 43.9 Å². The first-order valence-corrected chi connectivity index (χ1v) is 24.4. The molecule has 326 valence electrons. The Morgan fingerprint density at radius 1 is 0.333 bits per heavy atom. The summed E-state index contributed by atoms with van der Waals surface area (Å²) in [5.74, 6) is 0. The Kier molecular flexibility index (Phi) is 7.71. The summed E-state index contributed by atoms with van der Waals surface area (Å²) < 4.78 is 13.8. The summed E-state index contributed by atoms with van der Waals surface area (Å²) in [4.78, 5) is 5.37. The summed E-state index contributed by atoms with van der Waals surface area (Å²) in [5, 5.41) is 9.52. The van der Waals surface area contributed by atoms with Gasteiger partial charge in [0.15, 0.2) is 0 Å². The van der Waals surface area contributed by atoms with Crippen molar-refractivity contribution in [3.8, 4) is 0 Å². The number of hydrogen-bond acceptors (Lipinski definition) is 4. The number of para-hydroxylation sites is 1. The lowest BCUT2D eigenvalue weighted by atomic mass is 9.32. The molecular formula is C63H46B2N2O2. The van der Waals surface area contributed by atoms with Gasteiger partial charge in [-0.15, -0.1) is 0 Å². The number of furan rings is 2. The van der Waals surface area contributed by atoms with Gasteiger partial charge in [0.05, 0.1) is 44.9 Å². The molecule has 0 atom stereocenters. The van der Waals surface area contributed by atoms with E-state index < -0.39 is 0 Å².